The Kier molecular flexibility index (Phi) is 5.52. The van der Waals surface area contributed by atoms with E-state index < -0.39 is 21.1 Å². The summed E-state index contributed by atoms with van der Waals surface area (Å²) in [5, 5.41) is 8.27. The molecule has 1 aromatic carbocycles. The van der Waals surface area contributed by atoms with Crippen molar-refractivity contribution in [3.05, 3.63) is 23.8 Å². The zero-order valence-corrected chi connectivity index (χ0v) is 12.4. The molecule has 1 aromatic rings. The molecule has 0 saturated carbocycles. The number of rotatable bonds is 7. The molecule has 6 nitrogen and oxygen atoms in total. The van der Waals surface area contributed by atoms with Gasteiger partial charge in [-0.25, -0.2) is 13.2 Å². The van der Waals surface area contributed by atoms with Crippen molar-refractivity contribution < 1.29 is 27.8 Å². The van der Waals surface area contributed by atoms with Crippen LogP contribution in [0.2, 0.25) is 0 Å². The van der Waals surface area contributed by atoms with Crippen LogP contribution < -0.4 is 4.74 Å². The van der Waals surface area contributed by atoms with E-state index in [1.807, 2.05) is 0 Å². The third kappa shape index (κ3) is 3.49. The highest BCUT2D eigenvalue weighted by molar-refractivity contribution is 7.92. The molecule has 7 heteroatoms. The minimum atomic E-state index is -3.68. The standard InChI is InChI=1S/C13H18O6S/c1-9(6-7-18-2)20(16,17)12-8-10(13(14)15)4-5-11(12)19-3/h4-5,8-9H,6-7H2,1-3H3,(H,14,15). The lowest BCUT2D eigenvalue weighted by Crippen LogP contribution is -2.20. The van der Waals surface area contributed by atoms with E-state index in [4.69, 9.17) is 14.6 Å². The van der Waals surface area contributed by atoms with Crippen molar-refractivity contribution in [2.24, 2.45) is 0 Å². The van der Waals surface area contributed by atoms with Crippen LogP contribution in [-0.2, 0) is 14.6 Å². The first-order chi connectivity index (χ1) is 9.34. The van der Waals surface area contributed by atoms with Crippen LogP contribution in [0.1, 0.15) is 23.7 Å². The maximum atomic E-state index is 12.5. The third-order valence-corrected chi connectivity index (χ3v) is 5.20. The average Bonchev–Trinajstić information content (AvgIpc) is 2.43. The fourth-order valence-electron chi connectivity index (χ4n) is 1.69. The average molecular weight is 302 g/mol. The van der Waals surface area contributed by atoms with Gasteiger partial charge in [-0.15, -0.1) is 0 Å². The maximum absolute atomic E-state index is 12.5. The van der Waals surface area contributed by atoms with E-state index in [1.54, 1.807) is 6.92 Å². The molecule has 0 amide bonds. The Hall–Kier alpha value is -1.60. The largest absolute Gasteiger partial charge is 0.495 e. The molecule has 0 aliphatic heterocycles. The van der Waals surface area contributed by atoms with E-state index in [1.165, 1.54) is 26.4 Å². The molecule has 0 saturated heterocycles. The van der Waals surface area contributed by atoms with Gasteiger partial charge in [0, 0.05) is 13.7 Å². The van der Waals surface area contributed by atoms with Crippen molar-refractivity contribution >= 4 is 15.8 Å². The van der Waals surface area contributed by atoms with E-state index in [0.29, 0.717) is 13.0 Å². The summed E-state index contributed by atoms with van der Waals surface area (Å²) in [6.07, 6.45) is 0.319. The van der Waals surface area contributed by atoms with E-state index in [-0.39, 0.29) is 16.2 Å². The van der Waals surface area contributed by atoms with Gasteiger partial charge in [0.05, 0.1) is 17.9 Å². The van der Waals surface area contributed by atoms with E-state index in [2.05, 4.69) is 0 Å². The molecule has 1 unspecified atom stereocenters. The van der Waals surface area contributed by atoms with Gasteiger partial charge in [-0.2, -0.15) is 0 Å². The van der Waals surface area contributed by atoms with Gasteiger partial charge in [-0.05, 0) is 31.5 Å². The smallest absolute Gasteiger partial charge is 0.335 e. The quantitative estimate of drug-likeness (QED) is 0.822. The van der Waals surface area contributed by atoms with Crippen LogP contribution in [0.5, 0.6) is 5.75 Å². The molecule has 0 aliphatic carbocycles. The zero-order chi connectivity index (χ0) is 15.3. The number of carboxylic acid groups (broad SMARTS) is 1. The predicted molar refractivity (Wildman–Crippen MR) is 73.1 cm³/mol. The van der Waals surface area contributed by atoms with Gasteiger partial charge in [-0.1, -0.05) is 0 Å². The summed E-state index contributed by atoms with van der Waals surface area (Å²) in [5.74, 6) is -1.05. The SMILES string of the molecule is COCCC(C)S(=O)(=O)c1cc(C(=O)O)ccc1OC. The van der Waals surface area contributed by atoms with Crippen molar-refractivity contribution in [2.75, 3.05) is 20.8 Å². The van der Waals surface area contributed by atoms with Crippen LogP contribution in [0.25, 0.3) is 0 Å². The topological polar surface area (TPSA) is 89.9 Å². The lowest BCUT2D eigenvalue weighted by Gasteiger charge is -2.15. The van der Waals surface area contributed by atoms with Gasteiger partial charge in [0.2, 0.25) is 0 Å². The monoisotopic (exact) mass is 302 g/mol. The van der Waals surface area contributed by atoms with E-state index in [0.717, 1.165) is 6.07 Å². The third-order valence-electron chi connectivity index (χ3n) is 2.98. The van der Waals surface area contributed by atoms with Crippen LogP contribution in [0, 0.1) is 0 Å². The van der Waals surface area contributed by atoms with E-state index in [9.17, 15) is 13.2 Å². The Labute approximate surface area is 118 Å². The second-order valence-electron chi connectivity index (χ2n) is 4.31. The molecule has 0 heterocycles. The van der Waals surface area contributed by atoms with Gasteiger partial charge >= 0.3 is 5.97 Å². The molecule has 1 N–H and O–H groups in total. The van der Waals surface area contributed by atoms with Crippen LogP contribution >= 0.6 is 0 Å². The Balaban J connectivity index is 3.27. The minimum absolute atomic E-state index is 0.0942. The van der Waals surface area contributed by atoms with Crippen molar-refractivity contribution in [3.63, 3.8) is 0 Å². The van der Waals surface area contributed by atoms with Crippen molar-refractivity contribution in [1.29, 1.82) is 0 Å². The summed E-state index contributed by atoms with van der Waals surface area (Å²) in [5.41, 5.74) is -0.0942. The number of hydrogen-bond acceptors (Lipinski definition) is 5. The normalized spacial score (nSPS) is 12.9. The first kappa shape index (κ1) is 16.5. The van der Waals surface area contributed by atoms with Gasteiger partial charge < -0.3 is 14.6 Å². The fraction of sp³-hybridized carbons (Fsp3) is 0.462. The molecule has 0 radical (unpaired) electrons. The molecule has 0 bridgehead atoms. The van der Waals surface area contributed by atoms with Crippen LogP contribution in [0.15, 0.2) is 23.1 Å². The molecule has 0 spiro atoms. The molecule has 112 valence electrons. The Morgan fingerprint density at radius 1 is 1.35 bits per heavy atom. The van der Waals surface area contributed by atoms with E-state index >= 15 is 0 Å². The highest BCUT2D eigenvalue weighted by atomic mass is 32.2. The van der Waals surface area contributed by atoms with Gasteiger partial charge in [0.25, 0.3) is 0 Å². The highest BCUT2D eigenvalue weighted by Crippen LogP contribution is 2.29. The number of hydrogen-bond donors (Lipinski definition) is 1. The van der Waals surface area contributed by atoms with Gasteiger partial charge in [-0.3, -0.25) is 0 Å². The lowest BCUT2D eigenvalue weighted by molar-refractivity contribution is 0.0696. The predicted octanol–water partition coefficient (Wildman–Crippen LogP) is 1.59. The summed E-state index contributed by atoms with van der Waals surface area (Å²) in [6.45, 7) is 1.86. The minimum Gasteiger partial charge on any atom is -0.495 e. The Bertz CT molecular complexity index is 579. The zero-order valence-electron chi connectivity index (χ0n) is 11.6. The first-order valence-electron chi connectivity index (χ1n) is 5.98. The second kappa shape index (κ2) is 6.71. The number of aromatic carboxylic acids is 1. The summed E-state index contributed by atoms with van der Waals surface area (Å²) in [7, 11) is -0.845. The molecule has 20 heavy (non-hydrogen) atoms. The molecular formula is C13H18O6S. The Morgan fingerprint density at radius 2 is 2.00 bits per heavy atom. The van der Waals surface area contributed by atoms with Gasteiger partial charge in [0.15, 0.2) is 9.84 Å². The number of benzene rings is 1. The molecule has 1 atom stereocenters. The fourth-order valence-corrected chi connectivity index (χ4v) is 3.25. The number of methoxy groups -OCH3 is 2. The van der Waals surface area contributed by atoms with Crippen LogP contribution in [0.3, 0.4) is 0 Å². The summed E-state index contributed by atoms with van der Waals surface area (Å²) in [6, 6.07) is 3.78. The Morgan fingerprint density at radius 3 is 2.50 bits per heavy atom. The maximum Gasteiger partial charge on any atom is 0.335 e. The van der Waals surface area contributed by atoms with Crippen molar-refractivity contribution in [3.8, 4) is 5.75 Å². The lowest BCUT2D eigenvalue weighted by atomic mass is 10.2. The number of ether oxygens (including phenoxy) is 2. The van der Waals surface area contributed by atoms with Crippen LogP contribution in [0.4, 0.5) is 0 Å². The molecule has 1 rings (SSSR count). The summed E-state index contributed by atoms with van der Waals surface area (Å²) in [4.78, 5) is 10.9. The summed E-state index contributed by atoms with van der Waals surface area (Å²) >= 11 is 0. The van der Waals surface area contributed by atoms with Crippen molar-refractivity contribution in [2.45, 2.75) is 23.5 Å². The first-order valence-corrected chi connectivity index (χ1v) is 7.53. The number of sulfone groups is 1. The van der Waals surface area contributed by atoms with Gasteiger partial charge in [0.1, 0.15) is 10.6 Å². The molecule has 0 aliphatic rings. The highest BCUT2D eigenvalue weighted by Gasteiger charge is 2.27. The summed E-state index contributed by atoms with van der Waals surface area (Å²) < 4.78 is 34.8. The number of carbonyl (C=O) groups is 1. The molecular weight excluding hydrogens is 284 g/mol. The molecule has 0 fully saturated rings. The second-order valence-corrected chi connectivity index (χ2v) is 6.64. The molecule has 0 aromatic heterocycles. The van der Waals surface area contributed by atoms with Crippen molar-refractivity contribution in [1.82, 2.24) is 0 Å². The van der Waals surface area contributed by atoms with Crippen LogP contribution in [-0.4, -0.2) is 45.6 Å². The number of carboxylic acids is 1.